The number of aliphatic hydroxyl groups is 1. The lowest BCUT2D eigenvalue weighted by Crippen LogP contribution is -2.23. The summed E-state index contributed by atoms with van der Waals surface area (Å²) in [7, 11) is 2.09. The van der Waals surface area contributed by atoms with E-state index < -0.39 is 0 Å². The summed E-state index contributed by atoms with van der Waals surface area (Å²) in [5, 5.41) is 9.34. The van der Waals surface area contributed by atoms with Crippen molar-refractivity contribution in [3.8, 4) is 0 Å². The van der Waals surface area contributed by atoms with Crippen LogP contribution >= 0.6 is 0 Å². The van der Waals surface area contributed by atoms with E-state index in [1.807, 2.05) is 12.1 Å². The zero-order valence-electron chi connectivity index (χ0n) is 11.2. The van der Waals surface area contributed by atoms with E-state index in [0.29, 0.717) is 6.04 Å². The summed E-state index contributed by atoms with van der Waals surface area (Å²) in [6, 6.07) is 4.64. The average molecular weight is 234 g/mol. The molecule has 0 amide bonds. The lowest BCUT2D eigenvalue weighted by molar-refractivity contribution is 0.281. The SMILES string of the molecule is CN(c1cc(CO)cc(C(C)(C)C)n1)C1CC1. The Morgan fingerprint density at radius 3 is 2.47 bits per heavy atom. The third-order valence-corrected chi connectivity index (χ3v) is 3.28. The van der Waals surface area contributed by atoms with Crippen molar-refractivity contribution in [3.05, 3.63) is 23.4 Å². The number of hydrogen-bond acceptors (Lipinski definition) is 3. The van der Waals surface area contributed by atoms with Crippen molar-refractivity contribution in [3.63, 3.8) is 0 Å². The fourth-order valence-electron chi connectivity index (χ4n) is 1.88. The van der Waals surface area contributed by atoms with Crippen molar-refractivity contribution >= 4 is 5.82 Å². The Morgan fingerprint density at radius 2 is 2.00 bits per heavy atom. The van der Waals surface area contributed by atoms with E-state index in [1.54, 1.807) is 0 Å². The molecule has 1 aliphatic carbocycles. The van der Waals surface area contributed by atoms with Gasteiger partial charge in [0.25, 0.3) is 0 Å². The van der Waals surface area contributed by atoms with Crippen LogP contribution in [0, 0.1) is 0 Å². The van der Waals surface area contributed by atoms with Crippen LogP contribution < -0.4 is 4.90 Å². The second-order valence-corrected chi connectivity index (χ2v) is 5.97. The Labute approximate surface area is 103 Å². The second-order valence-electron chi connectivity index (χ2n) is 5.97. The molecule has 1 saturated carbocycles. The van der Waals surface area contributed by atoms with E-state index in [0.717, 1.165) is 17.1 Å². The molecule has 0 unspecified atom stereocenters. The topological polar surface area (TPSA) is 36.4 Å². The molecule has 94 valence electrons. The molecule has 1 aliphatic rings. The summed E-state index contributed by atoms with van der Waals surface area (Å²) >= 11 is 0. The van der Waals surface area contributed by atoms with Gasteiger partial charge in [-0.3, -0.25) is 0 Å². The van der Waals surface area contributed by atoms with Gasteiger partial charge in [0.15, 0.2) is 0 Å². The molecule has 1 aromatic rings. The number of aromatic nitrogens is 1. The van der Waals surface area contributed by atoms with Crippen molar-refractivity contribution in [2.24, 2.45) is 0 Å². The largest absolute Gasteiger partial charge is 0.392 e. The highest BCUT2D eigenvalue weighted by atomic mass is 16.3. The van der Waals surface area contributed by atoms with Gasteiger partial charge in [0.1, 0.15) is 5.82 Å². The molecule has 0 radical (unpaired) electrons. The lowest BCUT2D eigenvalue weighted by Gasteiger charge is -2.23. The molecule has 1 aromatic heterocycles. The van der Waals surface area contributed by atoms with Crippen LogP contribution in [-0.2, 0) is 12.0 Å². The number of hydrogen-bond donors (Lipinski definition) is 1. The lowest BCUT2D eigenvalue weighted by atomic mass is 9.91. The highest BCUT2D eigenvalue weighted by Crippen LogP contribution is 2.31. The zero-order valence-corrected chi connectivity index (χ0v) is 11.2. The van der Waals surface area contributed by atoms with Crippen LogP contribution in [0.25, 0.3) is 0 Å². The van der Waals surface area contributed by atoms with Crippen LogP contribution in [0.15, 0.2) is 12.1 Å². The quantitative estimate of drug-likeness (QED) is 0.873. The standard InChI is InChI=1S/C14H22N2O/c1-14(2,3)12-7-10(9-17)8-13(15-12)16(4)11-5-6-11/h7-8,11,17H,5-6,9H2,1-4H3. The minimum atomic E-state index is 0.0182. The summed E-state index contributed by atoms with van der Waals surface area (Å²) in [4.78, 5) is 6.96. The first-order chi connectivity index (χ1) is 7.91. The van der Waals surface area contributed by atoms with Crippen LogP contribution in [0.4, 0.5) is 5.82 Å². The van der Waals surface area contributed by atoms with Gasteiger partial charge in [-0.05, 0) is 30.5 Å². The Kier molecular flexibility index (Phi) is 3.13. The van der Waals surface area contributed by atoms with Crippen LogP contribution in [0.2, 0.25) is 0 Å². The van der Waals surface area contributed by atoms with Crippen molar-refractivity contribution < 1.29 is 5.11 Å². The van der Waals surface area contributed by atoms with Gasteiger partial charge in [0.05, 0.1) is 6.61 Å². The Hall–Kier alpha value is -1.09. The number of anilines is 1. The van der Waals surface area contributed by atoms with E-state index in [1.165, 1.54) is 12.8 Å². The Bertz CT molecular complexity index is 405. The van der Waals surface area contributed by atoms with Gasteiger partial charge in [-0.1, -0.05) is 20.8 Å². The molecule has 1 heterocycles. The predicted molar refractivity (Wildman–Crippen MR) is 70.3 cm³/mol. The molecule has 0 saturated heterocycles. The van der Waals surface area contributed by atoms with Crippen LogP contribution in [0.5, 0.6) is 0 Å². The molecule has 1 N–H and O–H groups in total. The van der Waals surface area contributed by atoms with Crippen LogP contribution in [-0.4, -0.2) is 23.2 Å². The van der Waals surface area contributed by atoms with Gasteiger partial charge in [0.2, 0.25) is 0 Å². The number of pyridine rings is 1. The molecule has 0 aromatic carbocycles. The first-order valence-corrected chi connectivity index (χ1v) is 6.27. The molecule has 0 aliphatic heterocycles. The molecule has 1 fully saturated rings. The fourth-order valence-corrected chi connectivity index (χ4v) is 1.88. The van der Waals surface area contributed by atoms with Gasteiger partial charge in [0, 0.05) is 24.2 Å². The summed E-state index contributed by atoms with van der Waals surface area (Å²) < 4.78 is 0. The maximum Gasteiger partial charge on any atom is 0.129 e. The molecule has 3 nitrogen and oxygen atoms in total. The maximum absolute atomic E-state index is 9.34. The van der Waals surface area contributed by atoms with Crippen molar-refractivity contribution in [2.45, 2.75) is 51.7 Å². The molecule has 0 bridgehead atoms. The van der Waals surface area contributed by atoms with Crippen LogP contribution in [0.1, 0.15) is 44.9 Å². The van der Waals surface area contributed by atoms with E-state index in [2.05, 4.69) is 32.7 Å². The molecule has 0 atom stereocenters. The monoisotopic (exact) mass is 234 g/mol. The Morgan fingerprint density at radius 1 is 1.35 bits per heavy atom. The highest BCUT2D eigenvalue weighted by molar-refractivity contribution is 5.45. The van der Waals surface area contributed by atoms with E-state index >= 15 is 0 Å². The van der Waals surface area contributed by atoms with Gasteiger partial charge in [-0.25, -0.2) is 4.98 Å². The normalized spacial score (nSPS) is 16.1. The van der Waals surface area contributed by atoms with Crippen molar-refractivity contribution in [1.82, 2.24) is 4.98 Å². The molecular weight excluding hydrogens is 212 g/mol. The number of rotatable bonds is 3. The smallest absolute Gasteiger partial charge is 0.129 e. The molecule has 2 rings (SSSR count). The minimum Gasteiger partial charge on any atom is -0.392 e. The van der Waals surface area contributed by atoms with Gasteiger partial charge < -0.3 is 10.0 Å². The van der Waals surface area contributed by atoms with E-state index in [9.17, 15) is 5.11 Å². The maximum atomic E-state index is 9.34. The Balaban J connectivity index is 2.37. The average Bonchev–Trinajstić information content (AvgIpc) is 3.10. The van der Waals surface area contributed by atoms with E-state index in [4.69, 9.17) is 4.98 Å². The number of aliphatic hydroxyl groups excluding tert-OH is 1. The third kappa shape index (κ3) is 2.78. The summed E-state index contributed by atoms with van der Waals surface area (Å²) in [6.45, 7) is 6.53. The number of nitrogens with zero attached hydrogens (tertiary/aromatic N) is 2. The molecule has 17 heavy (non-hydrogen) atoms. The van der Waals surface area contributed by atoms with Crippen LogP contribution in [0.3, 0.4) is 0 Å². The predicted octanol–water partition coefficient (Wildman–Crippen LogP) is 2.47. The highest BCUT2D eigenvalue weighted by Gasteiger charge is 2.28. The first kappa shape index (κ1) is 12.4. The third-order valence-electron chi connectivity index (χ3n) is 3.28. The zero-order chi connectivity index (χ0) is 12.6. The molecule has 3 heteroatoms. The summed E-state index contributed by atoms with van der Waals surface area (Å²) in [5.74, 6) is 0.990. The van der Waals surface area contributed by atoms with Gasteiger partial charge >= 0.3 is 0 Å². The van der Waals surface area contributed by atoms with Gasteiger partial charge in [-0.15, -0.1) is 0 Å². The van der Waals surface area contributed by atoms with Crippen molar-refractivity contribution in [1.29, 1.82) is 0 Å². The van der Waals surface area contributed by atoms with Gasteiger partial charge in [-0.2, -0.15) is 0 Å². The second kappa shape index (κ2) is 4.30. The summed E-state index contributed by atoms with van der Waals surface area (Å²) in [5.41, 5.74) is 2.02. The van der Waals surface area contributed by atoms with Crippen molar-refractivity contribution in [2.75, 3.05) is 11.9 Å². The minimum absolute atomic E-state index is 0.0182. The van der Waals surface area contributed by atoms with E-state index in [-0.39, 0.29) is 12.0 Å². The molecule has 0 spiro atoms. The first-order valence-electron chi connectivity index (χ1n) is 6.27. The summed E-state index contributed by atoms with van der Waals surface area (Å²) in [6.07, 6.45) is 2.51. The fraction of sp³-hybridized carbons (Fsp3) is 0.643. The molecular formula is C14H22N2O.